The molecule has 2 aromatic carbocycles. The average Bonchev–Trinajstić information content (AvgIpc) is 3.15. The molecular formula is C22H20FNO4S. The number of halogens is 1. The Bertz CT molecular complexity index is 1080. The molecule has 7 heteroatoms. The first-order valence-corrected chi connectivity index (χ1v) is 9.92. The van der Waals surface area contributed by atoms with Gasteiger partial charge in [0.2, 0.25) is 11.7 Å². The summed E-state index contributed by atoms with van der Waals surface area (Å²) >= 11 is 1.49. The van der Waals surface area contributed by atoms with Crippen LogP contribution in [0.25, 0.3) is 11.1 Å². The first-order chi connectivity index (χ1) is 14.1. The number of carbonyl (C=O) groups excluding carboxylic acids is 1. The van der Waals surface area contributed by atoms with Crippen LogP contribution in [-0.2, 0) is 4.79 Å². The van der Waals surface area contributed by atoms with Crippen LogP contribution in [0, 0.1) is 5.82 Å². The highest BCUT2D eigenvalue weighted by molar-refractivity contribution is 7.11. The van der Waals surface area contributed by atoms with E-state index < -0.39 is 0 Å². The van der Waals surface area contributed by atoms with Gasteiger partial charge in [0.1, 0.15) is 5.82 Å². The van der Waals surface area contributed by atoms with E-state index in [2.05, 4.69) is 5.32 Å². The van der Waals surface area contributed by atoms with E-state index in [-0.39, 0.29) is 24.1 Å². The Labute approximate surface area is 172 Å². The summed E-state index contributed by atoms with van der Waals surface area (Å²) < 4.78 is 30.9. The molecule has 0 saturated carbocycles. The standard InChI is InChI=1S/C22H20FNO4S/c1-26-17-9-8-13(20(27-2)21(17)28-3)14-10-18(25)24-19-15(11-29-22(14)19)12-6-4-5-7-16(12)23/h4-9,11,14H,10H2,1-3H3,(H,24,25)/t14-/m0/s1. The molecule has 2 heterocycles. The first-order valence-electron chi connectivity index (χ1n) is 9.04. The van der Waals surface area contributed by atoms with Gasteiger partial charge in [-0.25, -0.2) is 4.39 Å². The molecule has 0 saturated heterocycles. The van der Waals surface area contributed by atoms with Gasteiger partial charge in [-0.3, -0.25) is 4.79 Å². The van der Waals surface area contributed by atoms with Crippen LogP contribution in [0.15, 0.2) is 41.8 Å². The maximum Gasteiger partial charge on any atom is 0.225 e. The Morgan fingerprint density at radius 1 is 1.00 bits per heavy atom. The van der Waals surface area contributed by atoms with Crippen LogP contribution in [0.4, 0.5) is 10.1 Å². The van der Waals surface area contributed by atoms with E-state index in [1.807, 2.05) is 11.4 Å². The summed E-state index contributed by atoms with van der Waals surface area (Å²) in [6.07, 6.45) is 0.260. The molecule has 5 nitrogen and oxygen atoms in total. The molecule has 1 N–H and O–H groups in total. The highest BCUT2D eigenvalue weighted by Crippen LogP contribution is 2.51. The summed E-state index contributed by atoms with van der Waals surface area (Å²) in [6.45, 7) is 0. The van der Waals surface area contributed by atoms with E-state index in [1.165, 1.54) is 17.4 Å². The number of fused-ring (bicyclic) bond motifs is 1. The molecule has 0 unspecified atom stereocenters. The molecule has 4 rings (SSSR count). The molecule has 0 radical (unpaired) electrons. The van der Waals surface area contributed by atoms with Gasteiger partial charge in [-0.15, -0.1) is 11.3 Å². The van der Waals surface area contributed by atoms with Crippen molar-refractivity contribution in [2.45, 2.75) is 12.3 Å². The average molecular weight is 413 g/mol. The molecule has 0 aliphatic carbocycles. The lowest BCUT2D eigenvalue weighted by molar-refractivity contribution is -0.116. The number of hydrogen-bond acceptors (Lipinski definition) is 5. The lowest BCUT2D eigenvalue weighted by atomic mass is 9.88. The molecule has 3 aromatic rings. The minimum Gasteiger partial charge on any atom is -0.493 e. The van der Waals surface area contributed by atoms with E-state index >= 15 is 0 Å². The lowest BCUT2D eigenvalue weighted by Crippen LogP contribution is -2.23. The number of ether oxygens (including phenoxy) is 3. The number of nitrogens with one attached hydrogen (secondary N) is 1. The van der Waals surface area contributed by atoms with Crippen molar-refractivity contribution in [1.82, 2.24) is 0 Å². The van der Waals surface area contributed by atoms with E-state index in [0.29, 0.717) is 34.1 Å². The molecule has 29 heavy (non-hydrogen) atoms. The molecule has 1 amide bonds. The Morgan fingerprint density at radius 2 is 1.76 bits per heavy atom. The van der Waals surface area contributed by atoms with Crippen LogP contribution >= 0.6 is 11.3 Å². The van der Waals surface area contributed by atoms with Gasteiger partial charge in [0.05, 0.1) is 27.0 Å². The van der Waals surface area contributed by atoms with Crippen molar-refractivity contribution in [3.63, 3.8) is 0 Å². The Morgan fingerprint density at radius 3 is 2.45 bits per heavy atom. The SMILES string of the molecule is COc1ccc([C@@H]2CC(=O)Nc3c(-c4ccccc4F)csc32)c(OC)c1OC. The van der Waals surface area contributed by atoms with Crippen molar-refractivity contribution in [2.75, 3.05) is 26.6 Å². The van der Waals surface area contributed by atoms with Crippen LogP contribution < -0.4 is 19.5 Å². The predicted molar refractivity (Wildman–Crippen MR) is 111 cm³/mol. The molecule has 1 aromatic heterocycles. The normalized spacial score (nSPS) is 15.4. The number of amides is 1. The fourth-order valence-corrected chi connectivity index (χ4v) is 4.90. The summed E-state index contributed by atoms with van der Waals surface area (Å²) in [4.78, 5) is 13.5. The van der Waals surface area contributed by atoms with Crippen molar-refractivity contribution >= 4 is 22.9 Å². The second kappa shape index (κ2) is 7.75. The molecule has 0 fully saturated rings. The van der Waals surface area contributed by atoms with Gasteiger partial charge in [0, 0.05) is 39.3 Å². The number of anilines is 1. The van der Waals surface area contributed by atoms with Crippen LogP contribution in [0.3, 0.4) is 0 Å². The molecule has 0 spiro atoms. The van der Waals surface area contributed by atoms with Gasteiger partial charge < -0.3 is 19.5 Å². The number of rotatable bonds is 5. The molecule has 1 aliphatic heterocycles. The van der Waals surface area contributed by atoms with Crippen molar-refractivity contribution in [2.24, 2.45) is 0 Å². The molecule has 150 valence electrons. The van der Waals surface area contributed by atoms with Gasteiger partial charge >= 0.3 is 0 Å². The van der Waals surface area contributed by atoms with Crippen molar-refractivity contribution in [3.05, 3.63) is 58.0 Å². The van der Waals surface area contributed by atoms with Gasteiger partial charge in [-0.1, -0.05) is 24.3 Å². The number of methoxy groups -OCH3 is 3. The fourth-order valence-electron chi connectivity index (χ4n) is 3.75. The quantitative estimate of drug-likeness (QED) is 0.636. The Kier molecular flexibility index (Phi) is 5.15. The fraction of sp³-hybridized carbons (Fsp3) is 0.227. The Hall–Kier alpha value is -3.06. The third-order valence-corrected chi connectivity index (χ3v) is 6.16. The molecular weight excluding hydrogens is 393 g/mol. The van der Waals surface area contributed by atoms with E-state index in [4.69, 9.17) is 14.2 Å². The van der Waals surface area contributed by atoms with E-state index in [9.17, 15) is 9.18 Å². The van der Waals surface area contributed by atoms with Crippen LogP contribution in [0.5, 0.6) is 17.2 Å². The summed E-state index contributed by atoms with van der Waals surface area (Å²) in [5, 5.41) is 4.81. The largest absolute Gasteiger partial charge is 0.493 e. The molecule has 0 bridgehead atoms. The topological polar surface area (TPSA) is 56.8 Å². The number of benzene rings is 2. The second-order valence-corrected chi connectivity index (χ2v) is 7.51. The van der Waals surface area contributed by atoms with Crippen LogP contribution in [-0.4, -0.2) is 27.2 Å². The maximum atomic E-state index is 14.4. The summed E-state index contributed by atoms with van der Waals surface area (Å²) in [5.41, 5.74) is 2.62. The van der Waals surface area contributed by atoms with Gasteiger partial charge in [-0.2, -0.15) is 0 Å². The monoisotopic (exact) mass is 413 g/mol. The number of thiophene rings is 1. The van der Waals surface area contributed by atoms with Gasteiger partial charge in [-0.05, 0) is 12.1 Å². The van der Waals surface area contributed by atoms with Crippen molar-refractivity contribution in [3.8, 4) is 28.4 Å². The number of hydrogen-bond donors (Lipinski definition) is 1. The first kappa shape index (κ1) is 19.3. The maximum absolute atomic E-state index is 14.4. The van der Waals surface area contributed by atoms with Gasteiger partial charge in [0.25, 0.3) is 0 Å². The third kappa shape index (κ3) is 3.21. The highest BCUT2D eigenvalue weighted by atomic mass is 32.1. The molecule has 1 aliphatic rings. The minimum absolute atomic E-state index is 0.129. The minimum atomic E-state index is -0.326. The summed E-state index contributed by atoms with van der Waals surface area (Å²) in [7, 11) is 4.66. The highest BCUT2D eigenvalue weighted by Gasteiger charge is 2.34. The molecule has 1 atom stereocenters. The van der Waals surface area contributed by atoms with Crippen molar-refractivity contribution < 1.29 is 23.4 Å². The zero-order valence-corrected chi connectivity index (χ0v) is 17.1. The lowest BCUT2D eigenvalue weighted by Gasteiger charge is -2.26. The summed E-state index contributed by atoms with van der Waals surface area (Å²) in [5.74, 6) is 0.860. The van der Waals surface area contributed by atoms with Gasteiger partial charge in [0.15, 0.2) is 11.5 Å². The predicted octanol–water partition coefficient (Wildman–Crippen LogP) is 5.05. The van der Waals surface area contributed by atoms with Crippen LogP contribution in [0.1, 0.15) is 22.8 Å². The van der Waals surface area contributed by atoms with E-state index in [1.54, 1.807) is 45.6 Å². The number of carbonyl (C=O) groups is 1. The van der Waals surface area contributed by atoms with Crippen molar-refractivity contribution in [1.29, 1.82) is 0 Å². The Balaban J connectivity index is 1.88. The smallest absolute Gasteiger partial charge is 0.225 e. The summed E-state index contributed by atoms with van der Waals surface area (Å²) in [6, 6.07) is 10.2. The van der Waals surface area contributed by atoms with E-state index in [0.717, 1.165) is 10.4 Å². The third-order valence-electron chi connectivity index (χ3n) is 5.06. The zero-order chi connectivity index (χ0) is 20.5. The zero-order valence-electron chi connectivity index (χ0n) is 16.2. The van der Waals surface area contributed by atoms with Crippen LogP contribution in [0.2, 0.25) is 0 Å². The second-order valence-electron chi connectivity index (χ2n) is 6.60.